The Kier molecular flexibility index (Phi) is 2.34. The van der Waals surface area contributed by atoms with E-state index in [0.29, 0.717) is 10.2 Å². The fraction of sp³-hybridized carbons (Fsp3) is 0.167. The van der Waals surface area contributed by atoms with Crippen LogP contribution in [-0.4, -0.2) is 4.98 Å². The third-order valence-corrected chi connectivity index (χ3v) is 1.66. The van der Waals surface area contributed by atoms with Crippen LogP contribution in [0, 0.1) is 5.95 Å². The highest BCUT2D eigenvalue weighted by atomic mass is 79.9. The SMILES string of the molecule is NCc1ccc(Br)c(F)n1. The second-order valence-corrected chi connectivity index (χ2v) is 2.63. The molecule has 1 aromatic heterocycles. The van der Waals surface area contributed by atoms with Crippen molar-refractivity contribution in [1.29, 1.82) is 0 Å². The molecule has 0 aliphatic carbocycles. The summed E-state index contributed by atoms with van der Waals surface area (Å²) in [6, 6.07) is 3.26. The first-order valence-electron chi connectivity index (χ1n) is 2.75. The van der Waals surface area contributed by atoms with Crippen molar-refractivity contribution in [2.75, 3.05) is 0 Å². The van der Waals surface area contributed by atoms with Crippen molar-refractivity contribution in [3.63, 3.8) is 0 Å². The van der Waals surface area contributed by atoms with Gasteiger partial charge in [-0.2, -0.15) is 4.39 Å². The molecule has 0 aliphatic heterocycles. The molecule has 10 heavy (non-hydrogen) atoms. The lowest BCUT2D eigenvalue weighted by molar-refractivity contribution is 0.570. The summed E-state index contributed by atoms with van der Waals surface area (Å²) < 4.78 is 12.9. The van der Waals surface area contributed by atoms with Crippen LogP contribution >= 0.6 is 15.9 Å². The van der Waals surface area contributed by atoms with E-state index < -0.39 is 5.95 Å². The summed E-state index contributed by atoms with van der Waals surface area (Å²) >= 11 is 2.98. The molecule has 2 N–H and O–H groups in total. The van der Waals surface area contributed by atoms with Gasteiger partial charge >= 0.3 is 0 Å². The molecule has 0 bridgehead atoms. The number of pyridine rings is 1. The van der Waals surface area contributed by atoms with Crippen molar-refractivity contribution in [3.8, 4) is 0 Å². The number of nitrogens with two attached hydrogens (primary N) is 1. The maximum atomic E-state index is 12.6. The molecule has 1 heterocycles. The van der Waals surface area contributed by atoms with Crippen LogP contribution in [0.15, 0.2) is 16.6 Å². The summed E-state index contributed by atoms with van der Waals surface area (Å²) in [6.07, 6.45) is 0. The molecule has 0 fully saturated rings. The topological polar surface area (TPSA) is 38.9 Å². The first kappa shape index (κ1) is 7.63. The molecule has 0 atom stereocenters. The maximum absolute atomic E-state index is 12.6. The van der Waals surface area contributed by atoms with Gasteiger partial charge in [0, 0.05) is 6.54 Å². The lowest BCUT2D eigenvalue weighted by Gasteiger charge is -1.95. The van der Waals surface area contributed by atoms with Gasteiger partial charge in [0.15, 0.2) is 0 Å². The molecule has 0 aliphatic rings. The molecule has 0 unspecified atom stereocenters. The molecular weight excluding hydrogens is 199 g/mol. The van der Waals surface area contributed by atoms with E-state index in [1.165, 1.54) is 0 Å². The smallest absolute Gasteiger partial charge is 0.227 e. The predicted molar refractivity (Wildman–Crippen MR) is 39.8 cm³/mol. The lowest BCUT2D eigenvalue weighted by Crippen LogP contribution is -2.00. The van der Waals surface area contributed by atoms with Crippen molar-refractivity contribution in [2.24, 2.45) is 5.73 Å². The van der Waals surface area contributed by atoms with Crippen molar-refractivity contribution < 1.29 is 4.39 Å². The number of nitrogens with zero attached hydrogens (tertiary/aromatic N) is 1. The molecule has 54 valence electrons. The highest BCUT2D eigenvalue weighted by Crippen LogP contribution is 2.12. The third-order valence-electron chi connectivity index (χ3n) is 1.07. The van der Waals surface area contributed by atoms with Crippen molar-refractivity contribution in [3.05, 3.63) is 28.2 Å². The molecule has 2 nitrogen and oxygen atoms in total. The number of hydrogen-bond donors (Lipinski definition) is 1. The van der Waals surface area contributed by atoms with Crippen LogP contribution in [-0.2, 0) is 6.54 Å². The first-order chi connectivity index (χ1) is 4.74. The Bertz CT molecular complexity index is 239. The van der Waals surface area contributed by atoms with Crippen LogP contribution < -0.4 is 5.73 Å². The van der Waals surface area contributed by atoms with Crippen molar-refractivity contribution in [1.82, 2.24) is 4.98 Å². The molecule has 0 radical (unpaired) electrons. The average molecular weight is 205 g/mol. The second kappa shape index (κ2) is 3.07. The normalized spacial score (nSPS) is 9.90. The van der Waals surface area contributed by atoms with E-state index in [-0.39, 0.29) is 6.54 Å². The zero-order chi connectivity index (χ0) is 7.56. The Morgan fingerprint density at radius 2 is 2.30 bits per heavy atom. The van der Waals surface area contributed by atoms with E-state index in [1.54, 1.807) is 12.1 Å². The molecule has 4 heteroatoms. The zero-order valence-electron chi connectivity index (χ0n) is 5.14. The fourth-order valence-corrected chi connectivity index (χ4v) is 0.789. The Morgan fingerprint density at radius 1 is 1.60 bits per heavy atom. The first-order valence-corrected chi connectivity index (χ1v) is 3.54. The number of halogens is 2. The summed E-state index contributed by atoms with van der Waals surface area (Å²) in [5.41, 5.74) is 5.78. The molecule has 0 spiro atoms. The van der Waals surface area contributed by atoms with E-state index >= 15 is 0 Å². The van der Waals surface area contributed by atoms with Gasteiger partial charge in [0.25, 0.3) is 0 Å². The van der Waals surface area contributed by atoms with Gasteiger partial charge in [-0.15, -0.1) is 0 Å². The Balaban J connectivity index is 3.04. The van der Waals surface area contributed by atoms with Gasteiger partial charge in [-0.05, 0) is 28.1 Å². The molecule has 0 amide bonds. The van der Waals surface area contributed by atoms with Crippen molar-refractivity contribution in [2.45, 2.75) is 6.54 Å². The van der Waals surface area contributed by atoms with Gasteiger partial charge in [-0.25, -0.2) is 4.98 Å². The summed E-state index contributed by atoms with van der Waals surface area (Å²) in [5, 5.41) is 0. The van der Waals surface area contributed by atoms with Gasteiger partial charge in [-0.1, -0.05) is 0 Å². The minimum Gasteiger partial charge on any atom is -0.325 e. The zero-order valence-corrected chi connectivity index (χ0v) is 6.73. The van der Waals surface area contributed by atoms with Gasteiger partial charge in [-0.3, -0.25) is 0 Å². The number of rotatable bonds is 1. The van der Waals surface area contributed by atoms with E-state index in [0.717, 1.165) is 0 Å². The lowest BCUT2D eigenvalue weighted by atomic mass is 10.3. The highest BCUT2D eigenvalue weighted by Gasteiger charge is 1.99. The summed E-state index contributed by atoms with van der Waals surface area (Å²) in [7, 11) is 0. The summed E-state index contributed by atoms with van der Waals surface area (Å²) in [6.45, 7) is 0.268. The number of aromatic nitrogens is 1. The van der Waals surface area contributed by atoms with E-state index in [4.69, 9.17) is 5.73 Å². The quantitative estimate of drug-likeness (QED) is 0.704. The van der Waals surface area contributed by atoms with E-state index in [9.17, 15) is 4.39 Å². The van der Waals surface area contributed by atoms with Crippen molar-refractivity contribution >= 4 is 15.9 Å². The Morgan fingerprint density at radius 3 is 2.80 bits per heavy atom. The average Bonchev–Trinajstić information content (AvgIpc) is 1.95. The minimum absolute atomic E-state index is 0.268. The molecule has 1 rings (SSSR count). The molecule has 0 saturated carbocycles. The highest BCUT2D eigenvalue weighted by molar-refractivity contribution is 9.10. The van der Waals surface area contributed by atoms with Crippen LogP contribution in [0.1, 0.15) is 5.69 Å². The second-order valence-electron chi connectivity index (χ2n) is 1.78. The van der Waals surface area contributed by atoms with Crippen LogP contribution in [0.2, 0.25) is 0 Å². The van der Waals surface area contributed by atoms with Gasteiger partial charge in [0.05, 0.1) is 10.2 Å². The largest absolute Gasteiger partial charge is 0.325 e. The third kappa shape index (κ3) is 1.52. The summed E-state index contributed by atoms with van der Waals surface area (Å²) in [5.74, 6) is -0.511. The van der Waals surface area contributed by atoms with Gasteiger partial charge < -0.3 is 5.73 Å². The van der Waals surface area contributed by atoms with Crippen LogP contribution in [0.25, 0.3) is 0 Å². The Labute approximate surface area is 66.4 Å². The predicted octanol–water partition coefficient (Wildman–Crippen LogP) is 1.44. The molecule has 0 saturated heterocycles. The standard InChI is InChI=1S/C6H6BrFN2/c7-5-2-1-4(3-9)10-6(5)8/h1-2H,3,9H2. The van der Waals surface area contributed by atoms with Gasteiger partial charge in [0.1, 0.15) is 0 Å². The summed E-state index contributed by atoms with van der Waals surface area (Å²) in [4.78, 5) is 3.55. The van der Waals surface area contributed by atoms with Gasteiger partial charge in [0.2, 0.25) is 5.95 Å². The van der Waals surface area contributed by atoms with Crippen LogP contribution in [0.5, 0.6) is 0 Å². The minimum atomic E-state index is -0.511. The Hall–Kier alpha value is -0.480. The van der Waals surface area contributed by atoms with Crippen LogP contribution in [0.4, 0.5) is 4.39 Å². The molecular formula is C6H6BrFN2. The maximum Gasteiger partial charge on any atom is 0.227 e. The monoisotopic (exact) mass is 204 g/mol. The molecule has 0 aromatic carbocycles. The van der Waals surface area contributed by atoms with Crippen LogP contribution in [0.3, 0.4) is 0 Å². The van der Waals surface area contributed by atoms with E-state index in [1.807, 2.05) is 0 Å². The number of hydrogen-bond acceptors (Lipinski definition) is 2. The fourth-order valence-electron chi connectivity index (χ4n) is 0.569. The van der Waals surface area contributed by atoms with E-state index in [2.05, 4.69) is 20.9 Å². The molecule has 1 aromatic rings.